The Balaban J connectivity index is 2.54. The van der Waals surface area contributed by atoms with Crippen molar-refractivity contribution < 1.29 is 9.90 Å². The van der Waals surface area contributed by atoms with E-state index in [1.807, 2.05) is 0 Å². The minimum absolute atomic E-state index is 0.00844. The summed E-state index contributed by atoms with van der Waals surface area (Å²) in [5, 5.41) is 8.38. The standard InChI is InChI=1S/C6H9N5O2S/c7-5-9-3(10-6(8)11-5)1-14-2-4(12)13/h1-2H2,(H,12,13)(H4,7,8,9,10,11). The largest absolute Gasteiger partial charge is 0.481 e. The molecule has 0 aliphatic carbocycles. The minimum atomic E-state index is -0.884. The molecule has 0 aliphatic rings. The Kier molecular flexibility index (Phi) is 3.46. The number of nitrogens with zero attached hydrogens (tertiary/aromatic N) is 3. The van der Waals surface area contributed by atoms with E-state index < -0.39 is 5.97 Å². The maximum atomic E-state index is 10.2. The van der Waals surface area contributed by atoms with Crippen LogP contribution >= 0.6 is 11.8 Å². The second-order valence-corrected chi connectivity index (χ2v) is 3.34. The number of hydrogen-bond donors (Lipinski definition) is 3. The van der Waals surface area contributed by atoms with Crippen LogP contribution in [0, 0.1) is 0 Å². The first-order valence-corrected chi connectivity index (χ1v) is 4.79. The van der Waals surface area contributed by atoms with Crippen molar-refractivity contribution in [3.05, 3.63) is 5.82 Å². The number of aromatic nitrogens is 3. The fraction of sp³-hybridized carbons (Fsp3) is 0.333. The summed E-state index contributed by atoms with van der Waals surface area (Å²) >= 11 is 1.17. The number of nitrogen functional groups attached to an aromatic ring is 2. The number of carboxylic acid groups (broad SMARTS) is 1. The molecular formula is C6H9N5O2S. The van der Waals surface area contributed by atoms with E-state index in [1.165, 1.54) is 11.8 Å². The minimum Gasteiger partial charge on any atom is -0.481 e. The molecule has 0 spiro atoms. The summed E-state index contributed by atoms with van der Waals surface area (Å²) in [6.45, 7) is 0. The van der Waals surface area contributed by atoms with Crippen LogP contribution in [0.3, 0.4) is 0 Å². The van der Waals surface area contributed by atoms with Crippen LogP contribution in [0.5, 0.6) is 0 Å². The normalized spacial score (nSPS) is 10.0. The van der Waals surface area contributed by atoms with Crippen LogP contribution < -0.4 is 11.5 Å². The van der Waals surface area contributed by atoms with Gasteiger partial charge < -0.3 is 16.6 Å². The maximum Gasteiger partial charge on any atom is 0.313 e. The molecule has 76 valence electrons. The molecule has 1 heterocycles. The molecule has 8 heteroatoms. The molecule has 14 heavy (non-hydrogen) atoms. The number of aliphatic carboxylic acids is 1. The van der Waals surface area contributed by atoms with E-state index in [0.717, 1.165) is 0 Å². The molecule has 0 aromatic carbocycles. The number of carboxylic acids is 1. The Morgan fingerprint density at radius 3 is 2.36 bits per heavy atom. The van der Waals surface area contributed by atoms with Gasteiger partial charge in [0.05, 0.1) is 11.5 Å². The van der Waals surface area contributed by atoms with Gasteiger partial charge in [-0.3, -0.25) is 4.79 Å². The fourth-order valence-corrected chi connectivity index (χ4v) is 1.34. The maximum absolute atomic E-state index is 10.2. The molecule has 0 unspecified atom stereocenters. The zero-order valence-electron chi connectivity index (χ0n) is 7.17. The molecule has 5 N–H and O–H groups in total. The second-order valence-electron chi connectivity index (χ2n) is 2.35. The van der Waals surface area contributed by atoms with Gasteiger partial charge in [0.15, 0.2) is 0 Å². The highest BCUT2D eigenvalue weighted by Crippen LogP contribution is 2.09. The average molecular weight is 215 g/mol. The van der Waals surface area contributed by atoms with E-state index in [-0.39, 0.29) is 17.6 Å². The lowest BCUT2D eigenvalue weighted by Gasteiger charge is -2.00. The summed E-state index contributed by atoms with van der Waals surface area (Å²) in [4.78, 5) is 21.4. The van der Waals surface area contributed by atoms with E-state index in [0.29, 0.717) is 11.6 Å². The lowest BCUT2D eigenvalue weighted by Crippen LogP contribution is -2.07. The quantitative estimate of drug-likeness (QED) is 0.604. The van der Waals surface area contributed by atoms with E-state index >= 15 is 0 Å². The van der Waals surface area contributed by atoms with Crippen molar-refractivity contribution in [1.82, 2.24) is 15.0 Å². The first-order chi connectivity index (χ1) is 6.58. The number of nitrogens with two attached hydrogens (primary N) is 2. The van der Waals surface area contributed by atoms with E-state index in [2.05, 4.69) is 15.0 Å². The molecule has 0 fully saturated rings. The van der Waals surface area contributed by atoms with Gasteiger partial charge in [0.25, 0.3) is 0 Å². The molecular weight excluding hydrogens is 206 g/mol. The Bertz CT molecular complexity index is 325. The summed E-state index contributed by atoms with van der Waals surface area (Å²) in [5.41, 5.74) is 10.6. The fourth-order valence-electron chi connectivity index (χ4n) is 0.751. The van der Waals surface area contributed by atoms with Gasteiger partial charge in [-0.25, -0.2) is 0 Å². The van der Waals surface area contributed by atoms with Gasteiger partial charge in [0.1, 0.15) is 5.82 Å². The number of rotatable bonds is 4. The zero-order valence-corrected chi connectivity index (χ0v) is 7.99. The lowest BCUT2D eigenvalue weighted by atomic mass is 10.7. The van der Waals surface area contributed by atoms with Crippen LogP contribution in [0.2, 0.25) is 0 Å². The number of thioether (sulfide) groups is 1. The molecule has 1 rings (SSSR count). The highest BCUT2D eigenvalue weighted by Gasteiger charge is 2.03. The van der Waals surface area contributed by atoms with Gasteiger partial charge in [0.2, 0.25) is 11.9 Å². The van der Waals surface area contributed by atoms with Gasteiger partial charge in [-0.05, 0) is 0 Å². The summed E-state index contributed by atoms with van der Waals surface area (Å²) < 4.78 is 0. The molecule has 0 atom stereocenters. The molecule has 7 nitrogen and oxygen atoms in total. The van der Waals surface area contributed by atoms with Crippen molar-refractivity contribution in [2.45, 2.75) is 5.75 Å². The van der Waals surface area contributed by atoms with E-state index in [9.17, 15) is 4.79 Å². The van der Waals surface area contributed by atoms with Crippen LogP contribution in [-0.2, 0) is 10.5 Å². The van der Waals surface area contributed by atoms with Crippen molar-refractivity contribution in [2.75, 3.05) is 17.2 Å². The predicted molar refractivity (Wildman–Crippen MR) is 52.4 cm³/mol. The molecule has 0 saturated carbocycles. The third kappa shape index (κ3) is 3.44. The lowest BCUT2D eigenvalue weighted by molar-refractivity contribution is -0.133. The van der Waals surface area contributed by atoms with Crippen molar-refractivity contribution in [3.63, 3.8) is 0 Å². The van der Waals surface area contributed by atoms with Crippen molar-refractivity contribution in [2.24, 2.45) is 0 Å². The van der Waals surface area contributed by atoms with Crippen molar-refractivity contribution in [1.29, 1.82) is 0 Å². The summed E-state index contributed by atoms with van der Waals surface area (Å²) in [5.74, 6) is -0.0626. The molecule has 1 aromatic rings. The summed E-state index contributed by atoms with van der Waals surface area (Å²) in [6.07, 6.45) is 0. The second kappa shape index (κ2) is 4.61. The SMILES string of the molecule is Nc1nc(N)nc(CSCC(=O)O)n1. The highest BCUT2D eigenvalue weighted by atomic mass is 32.2. The van der Waals surface area contributed by atoms with E-state index in [1.54, 1.807) is 0 Å². The molecule has 0 saturated heterocycles. The Hall–Kier alpha value is -1.57. The monoisotopic (exact) mass is 215 g/mol. The smallest absolute Gasteiger partial charge is 0.313 e. The summed E-state index contributed by atoms with van der Waals surface area (Å²) in [6, 6.07) is 0. The van der Waals surface area contributed by atoms with Gasteiger partial charge in [-0.15, -0.1) is 11.8 Å². The third-order valence-electron chi connectivity index (χ3n) is 1.17. The van der Waals surface area contributed by atoms with Gasteiger partial charge in [0, 0.05) is 0 Å². The average Bonchev–Trinajstić information content (AvgIpc) is 2.01. The molecule has 0 bridgehead atoms. The molecule has 0 radical (unpaired) electrons. The number of carbonyl (C=O) groups is 1. The Labute approximate surface area is 83.9 Å². The topological polar surface area (TPSA) is 128 Å². The van der Waals surface area contributed by atoms with Crippen LogP contribution in [0.25, 0.3) is 0 Å². The first-order valence-electron chi connectivity index (χ1n) is 3.63. The van der Waals surface area contributed by atoms with Crippen LogP contribution in [0.4, 0.5) is 11.9 Å². The Morgan fingerprint density at radius 1 is 1.29 bits per heavy atom. The first kappa shape index (κ1) is 10.5. The predicted octanol–water partition coefficient (Wildman–Crippen LogP) is -0.646. The molecule has 0 aliphatic heterocycles. The van der Waals surface area contributed by atoms with E-state index in [4.69, 9.17) is 16.6 Å². The number of anilines is 2. The third-order valence-corrected chi connectivity index (χ3v) is 2.09. The van der Waals surface area contributed by atoms with Crippen LogP contribution in [0.1, 0.15) is 5.82 Å². The van der Waals surface area contributed by atoms with Crippen LogP contribution in [0.15, 0.2) is 0 Å². The van der Waals surface area contributed by atoms with Crippen molar-refractivity contribution in [3.8, 4) is 0 Å². The summed E-state index contributed by atoms with van der Waals surface area (Å²) in [7, 11) is 0. The number of hydrogen-bond acceptors (Lipinski definition) is 7. The highest BCUT2D eigenvalue weighted by molar-refractivity contribution is 7.99. The Morgan fingerprint density at radius 2 is 1.86 bits per heavy atom. The van der Waals surface area contributed by atoms with Gasteiger partial charge in [-0.1, -0.05) is 0 Å². The molecule has 0 amide bonds. The molecule has 1 aromatic heterocycles. The van der Waals surface area contributed by atoms with Gasteiger partial charge in [-0.2, -0.15) is 15.0 Å². The zero-order chi connectivity index (χ0) is 10.6. The van der Waals surface area contributed by atoms with Crippen LogP contribution in [-0.4, -0.2) is 31.8 Å². The van der Waals surface area contributed by atoms with Gasteiger partial charge >= 0.3 is 5.97 Å². The van der Waals surface area contributed by atoms with Crippen molar-refractivity contribution >= 4 is 29.6 Å².